The molecule has 1 aliphatic heterocycles. The van der Waals surface area contributed by atoms with E-state index in [1.54, 1.807) is 0 Å². The summed E-state index contributed by atoms with van der Waals surface area (Å²) in [5, 5.41) is 0. The summed E-state index contributed by atoms with van der Waals surface area (Å²) >= 11 is 0. The molecule has 1 aromatic heterocycles. The molecule has 33 heavy (non-hydrogen) atoms. The number of rotatable bonds is 7. The number of hydrogen-bond acceptors (Lipinski definition) is 4. The van der Waals surface area contributed by atoms with E-state index < -0.39 is 5.91 Å². The number of anilines is 1. The first kappa shape index (κ1) is 23.1. The fraction of sp³-hybridized carbons (Fsp3) is 0.407. The molecule has 0 radical (unpaired) electrons. The van der Waals surface area contributed by atoms with Crippen LogP contribution in [0.25, 0.3) is 11.4 Å². The highest BCUT2D eigenvalue weighted by Crippen LogP contribution is 2.26. The van der Waals surface area contributed by atoms with Crippen molar-refractivity contribution >= 4 is 11.6 Å². The van der Waals surface area contributed by atoms with Crippen molar-refractivity contribution in [2.75, 3.05) is 37.6 Å². The molecule has 0 unspecified atom stereocenters. The van der Waals surface area contributed by atoms with Crippen molar-refractivity contribution < 1.29 is 4.79 Å². The zero-order valence-electron chi connectivity index (χ0n) is 20.2. The van der Waals surface area contributed by atoms with Gasteiger partial charge in [-0.2, -0.15) is 0 Å². The Morgan fingerprint density at radius 3 is 2.48 bits per heavy atom. The van der Waals surface area contributed by atoms with Gasteiger partial charge in [0.25, 0.3) is 5.91 Å². The minimum absolute atomic E-state index is 0.337. The summed E-state index contributed by atoms with van der Waals surface area (Å²) < 4.78 is 0. The molecule has 2 aromatic carbocycles. The van der Waals surface area contributed by atoms with E-state index in [-0.39, 0.29) is 0 Å². The molecule has 3 N–H and O–H groups in total. The van der Waals surface area contributed by atoms with Gasteiger partial charge in [0, 0.05) is 37.4 Å². The van der Waals surface area contributed by atoms with E-state index in [2.05, 4.69) is 77.8 Å². The average Bonchev–Trinajstić information content (AvgIpc) is 3.29. The quantitative estimate of drug-likeness (QED) is 0.572. The van der Waals surface area contributed by atoms with Crippen molar-refractivity contribution in [2.24, 2.45) is 5.73 Å². The van der Waals surface area contributed by atoms with Crippen molar-refractivity contribution in [1.29, 1.82) is 0 Å². The smallest absolute Gasteiger partial charge is 0.266 e. The number of amides is 1. The largest absolute Gasteiger partial charge is 0.369 e. The molecule has 0 spiro atoms. The van der Waals surface area contributed by atoms with Gasteiger partial charge in [-0.1, -0.05) is 18.2 Å². The highest BCUT2D eigenvalue weighted by molar-refractivity contribution is 5.91. The molecule has 1 aliphatic rings. The van der Waals surface area contributed by atoms with Crippen molar-refractivity contribution in [3.63, 3.8) is 0 Å². The first-order chi connectivity index (χ1) is 15.8. The molecule has 0 atom stereocenters. The normalized spacial score (nSPS) is 14.6. The molecule has 2 heterocycles. The molecular weight excluding hydrogens is 410 g/mol. The van der Waals surface area contributed by atoms with Crippen LogP contribution in [0.5, 0.6) is 0 Å². The molecular formula is C27H35N5O. The number of piperazine rings is 1. The summed E-state index contributed by atoms with van der Waals surface area (Å²) in [5.41, 5.74) is 14.7. The first-order valence-electron chi connectivity index (χ1n) is 11.8. The van der Waals surface area contributed by atoms with E-state index in [4.69, 9.17) is 5.73 Å². The van der Waals surface area contributed by atoms with E-state index in [1.807, 2.05) is 0 Å². The van der Waals surface area contributed by atoms with Crippen molar-refractivity contribution in [3.05, 3.63) is 70.0 Å². The predicted octanol–water partition coefficient (Wildman–Crippen LogP) is 4.16. The van der Waals surface area contributed by atoms with Crippen molar-refractivity contribution in [1.82, 2.24) is 14.9 Å². The maximum Gasteiger partial charge on any atom is 0.266 e. The van der Waals surface area contributed by atoms with Crippen molar-refractivity contribution in [3.8, 4) is 11.4 Å². The molecule has 0 saturated carbocycles. The molecule has 6 nitrogen and oxygen atoms in total. The number of nitrogens with zero attached hydrogens (tertiary/aromatic N) is 3. The summed E-state index contributed by atoms with van der Waals surface area (Å²) in [6.07, 6.45) is 3.71. The van der Waals surface area contributed by atoms with E-state index in [0.717, 1.165) is 56.7 Å². The summed E-state index contributed by atoms with van der Waals surface area (Å²) in [6.45, 7) is 14.2. The Labute approximate surface area is 196 Å². The SMILES string of the molecule is Cc1cc(-c2ncc(C(N)=O)[nH]2)c(C)cc1CCCN1CCN(c2cccc(C)c2C)CC1. The van der Waals surface area contributed by atoms with E-state index in [0.29, 0.717) is 11.5 Å². The fourth-order valence-corrected chi connectivity index (χ4v) is 4.77. The van der Waals surface area contributed by atoms with Crippen LogP contribution in [0.1, 0.15) is 44.7 Å². The number of nitrogens with two attached hydrogens (primary N) is 1. The lowest BCUT2D eigenvalue weighted by atomic mass is 9.96. The molecule has 1 amide bonds. The second-order valence-corrected chi connectivity index (χ2v) is 9.25. The molecule has 1 fully saturated rings. The Hall–Kier alpha value is -3.12. The zero-order valence-corrected chi connectivity index (χ0v) is 20.2. The third-order valence-corrected chi connectivity index (χ3v) is 6.99. The first-order valence-corrected chi connectivity index (χ1v) is 11.8. The summed E-state index contributed by atoms with van der Waals surface area (Å²) in [4.78, 5) is 23.8. The minimum atomic E-state index is -0.491. The van der Waals surface area contributed by atoms with Crippen LogP contribution in [-0.4, -0.2) is 53.5 Å². The van der Waals surface area contributed by atoms with Crippen molar-refractivity contribution in [2.45, 2.75) is 40.5 Å². The second kappa shape index (κ2) is 9.79. The van der Waals surface area contributed by atoms with Crippen LogP contribution in [0.4, 0.5) is 5.69 Å². The highest BCUT2D eigenvalue weighted by Gasteiger charge is 2.19. The number of carbonyl (C=O) groups excluding carboxylic acids is 1. The number of hydrogen-bond donors (Lipinski definition) is 2. The summed E-state index contributed by atoms with van der Waals surface area (Å²) in [7, 11) is 0. The number of aryl methyl sites for hydroxylation is 4. The third-order valence-electron chi connectivity index (χ3n) is 6.99. The van der Waals surface area contributed by atoms with Gasteiger partial charge in [-0.3, -0.25) is 9.69 Å². The van der Waals surface area contributed by atoms with Gasteiger partial charge in [-0.15, -0.1) is 0 Å². The highest BCUT2D eigenvalue weighted by atomic mass is 16.1. The second-order valence-electron chi connectivity index (χ2n) is 9.25. The number of carbonyl (C=O) groups is 1. The standard InChI is InChI=1S/C27H35N5O/c1-18-7-5-9-25(21(18)4)32-13-11-31(12-14-32)10-6-8-22-15-20(3)23(16-19(22)2)27-29-17-24(30-27)26(28)33/h5,7,9,15-17H,6,8,10-14H2,1-4H3,(H2,28,33)(H,29,30). The molecule has 1 saturated heterocycles. The third kappa shape index (κ3) is 5.11. The monoisotopic (exact) mass is 445 g/mol. The van der Waals surface area contributed by atoms with Crippen LogP contribution in [0.2, 0.25) is 0 Å². The van der Waals surface area contributed by atoms with Crippen LogP contribution in [0.3, 0.4) is 0 Å². The van der Waals surface area contributed by atoms with E-state index in [1.165, 1.54) is 34.1 Å². The summed E-state index contributed by atoms with van der Waals surface area (Å²) in [6, 6.07) is 11.0. The van der Waals surface area contributed by atoms with E-state index >= 15 is 0 Å². The number of aromatic amines is 1. The maximum absolute atomic E-state index is 11.4. The number of primary amides is 1. The summed E-state index contributed by atoms with van der Waals surface area (Å²) in [5.74, 6) is 0.201. The van der Waals surface area contributed by atoms with Gasteiger partial charge in [-0.05, 0) is 87.0 Å². The van der Waals surface area contributed by atoms with Gasteiger partial charge in [0.15, 0.2) is 0 Å². The van der Waals surface area contributed by atoms with Crippen LogP contribution in [0.15, 0.2) is 36.5 Å². The molecule has 0 bridgehead atoms. The maximum atomic E-state index is 11.4. The van der Waals surface area contributed by atoms with Crippen LogP contribution < -0.4 is 10.6 Å². The molecule has 4 rings (SSSR count). The lowest BCUT2D eigenvalue weighted by Gasteiger charge is -2.37. The lowest BCUT2D eigenvalue weighted by molar-refractivity contribution is 0.0996. The van der Waals surface area contributed by atoms with Crippen LogP contribution in [0, 0.1) is 27.7 Å². The van der Waals surface area contributed by atoms with Gasteiger partial charge in [-0.25, -0.2) is 4.98 Å². The minimum Gasteiger partial charge on any atom is -0.369 e. The Balaban J connectivity index is 1.31. The number of H-pyrrole nitrogens is 1. The number of benzene rings is 2. The average molecular weight is 446 g/mol. The molecule has 6 heteroatoms. The Morgan fingerprint density at radius 2 is 1.79 bits per heavy atom. The van der Waals surface area contributed by atoms with Gasteiger partial charge in [0.2, 0.25) is 0 Å². The predicted molar refractivity (Wildman–Crippen MR) is 135 cm³/mol. The molecule has 3 aromatic rings. The Kier molecular flexibility index (Phi) is 6.84. The van der Waals surface area contributed by atoms with Gasteiger partial charge in [0.05, 0.1) is 6.20 Å². The topological polar surface area (TPSA) is 78.2 Å². The van der Waals surface area contributed by atoms with Crippen LogP contribution >= 0.6 is 0 Å². The van der Waals surface area contributed by atoms with E-state index in [9.17, 15) is 4.79 Å². The zero-order chi connectivity index (χ0) is 23.5. The molecule has 174 valence electrons. The lowest BCUT2D eigenvalue weighted by Crippen LogP contribution is -2.47. The van der Waals surface area contributed by atoms with Gasteiger partial charge < -0.3 is 15.6 Å². The van der Waals surface area contributed by atoms with Crippen LogP contribution in [-0.2, 0) is 6.42 Å². The van der Waals surface area contributed by atoms with Gasteiger partial charge in [0.1, 0.15) is 11.5 Å². The number of nitrogens with one attached hydrogen (secondary N) is 1. The van der Waals surface area contributed by atoms with Gasteiger partial charge >= 0.3 is 0 Å². The fourth-order valence-electron chi connectivity index (χ4n) is 4.77. The number of imidazole rings is 1. The number of aromatic nitrogens is 2. The molecule has 0 aliphatic carbocycles. The Morgan fingerprint density at radius 1 is 1.03 bits per heavy atom. The Bertz CT molecular complexity index is 1140.